The molecule has 1 heterocycles. The van der Waals surface area contributed by atoms with Crippen LogP contribution in [0.1, 0.15) is 27.7 Å². The molecule has 0 bridgehead atoms. The lowest BCUT2D eigenvalue weighted by atomic mass is 9.67. The van der Waals surface area contributed by atoms with Gasteiger partial charge in [-0.05, 0) is 67.8 Å². The Hall–Kier alpha value is -7.01. The Morgan fingerprint density at radius 3 is 1.37 bits per heavy atom. The number of aromatic nitrogens is 3. The van der Waals surface area contributed by atoms with E-state index in [9.17, 15) is 5.48 Å². The zero-order valence-electron chi connectivity index (χ0n) is 37.2. The van der Waals surface area contributed by atoms with Gasteiger partial charge in [0.2, 0.25) is 0 Å². The summed E-state index contributed by atoms with van der Waals surface area (Å²) in [4.78, 5) is 14.3. The normalized spacial score (nSPS) is 13.7. The molecule has 0 unspecified atom stereocenters. The lowest BCUT2D eigenvalue weighted by molar-refractivity contribution is 0.769. The first-order valence-electron chi connectivity index (χ1n) is 22.0. The van der Waals surface area contributed by atoms with Crippen molar-refractivity contribution < 1.29 is 5.48 Å². The van der Waals surface area contributed by atoms with Crippen LogP contribution in [-0.4, -0.2) is 23.0 Å². The first-order chi connectivity index (χ1) is 30.6. The number of nitrogens with zero attached hydrogens (tertiary/aromatic N) is 3. The van der Waals surface area contributed by atoms with Crippen molar-refractivity contribution in [2.45, 2.75) is 25.1 Å². The summed E-state index contributed by atoms with van der Waals surface area (Å²) in [5, 5.41) is 1.36. The molecule has 1 aliphatic carbocycles. The van der Waals surface area contributed by atoms with E-state index in [1.54, 1.807) is 0 Å². The van der Waals surface area contributed by atoms with Crippen LogP contribution >= 0.6 is 0 Å². The molecule has 3 nitrogen and oxygen atoms in total. The van der Waals surface area contributed by atoms with Gasteiger partial charge in [-0.1, -0.05) is 219 Å². The van der Waals surface area contributed by atoms with Crippen LogP contribution in [0.4, 0.5) is 0 Å². The molecule has 0 saturated heterocycles. The van der Waals surface area contributed by atoms with Crippen molar-refractivity contribution in [3.63, 3.8) is 0 Å². The maximum absolute atomic E-state index is 9.45. The molecule has 1 aliphatic rings. The van der Waals surface area contributed by atoms with E-state index in [1.807, 2.05) is 78.9 Å². The quantitative estimate of drug-likeness (QED) is 0.144. The summed E-state index contributed by atoms with van der Waals surface area (Å²) in [5.74, 6) is 0.844. The highest BCUT2D eigenvalue weighted by Crippen LogP contribution is 2.56. The summed E-state index contributed by atoms with van der Waals surface area (Å²) in [7, 11) is -2.01. The maximum Gasteiger partial charge on any atom is 0.164 e. The number of rotatable bonds is 8. The summed E-state index contributed by atoms with van der Waals surface area (Å²) >= 11 is 0. The molecule has 0 spiro atoms. The largest absolute Gasteiger partial charge is 0.208 e. The Labute approximate surface area is 353 Å². The van der Waals surface area contributed by atoms with Crippen molar-refractivity contribution in [2.24, 2.45) is 0 Å². The van der Waals surface area contributed by atoms with Gasteiger partial charge in [0.05, 0.1) is 19.0 Å². The fourth-order valence-corrected chi connectivity index (χ4v) is 10.3. The Morgan fingerprint density at radius 1 is 0.390 bits per heavy atom. The number of hydrogen-bond acceptors (Lipinski definition) is 3. The topological polar surface area (TPSA) is 38.7 Å². The summed E-state index contributed by atoms with van der Waals surface area (Å²) in [5.41, 5.74) is 11.2. The van der Waals surface area contributed by atoms with Crippen LogP contribution in [0.5, 0.6) is 0 Å². The van der Waals surface area contributed by atoms with E-state index in [1.165, 1.54) is 38.6 Å². The SMILES string of the molecule is [2H]c1c([2H])c(-c2nc(-c3ccccc3)nc(-c3ccccc3)n2)c([2H])c([2H])c1-c1cccc(-c2cc3c(c([Si](C)(C)C)c2)-c2ccccc2C3(c2ccccc2)c2ccccc2)c1. The minimum Gasteiger partial charge on any atom is -0.208 e. The van der Waals surface area contributed by atoms with Crippen molar-refractivity contribution in [1.82, 2.24) is 15.0 Å². The lowest BCUT2D eigenvalue weighted by Crippen LogP contribution is -2.40. The molecule has 9 aromatic rings. The molecule has 0 atom stereocenters. The Bertz CT molecular complexity index is 3060. The summed E-state index contributed by atoms with van der Waals surface area (Å²) in [6.07, 6.45) is 0. The van der Waals surface area contributed by atoms with Crippen LogP contribution in [0.3, 0.4) is 0 Å². The van der Waals surface area contributed by atoms with Gasteiger partial charge >= 0.3 is 0 Å². The summed E-state index contributed by atoms with van der Waals surface area (Å²) in [6.45, 7) is 7.21. The first kappa shape index (κ1) is 32.0. The van der Waals surface area contributed by atoms with Crippen molar-refractivity contribution in [3.8, 4) is 67.5 Å². The van der Waals surface area contributed by atoms with Crippen LogP contribution in [0, 0.1) is 0 Å². The second-order valence-electron chi connectivity index (χ2n) is 16.1. The molecule has 282 valence electrons. The monoisotopic (exact) mass is 777 g/mol. The van der Waals surface area contributed by atoms with Gasteiger partial charge in [0, 0.05) is 16.7 Å². The predicted octanol–water partition coefficient (Wildman–Crippen LogP) is 13.1. The minimum atomic E-state index is -2.01. The van der Waals surface area contributed by atoms with E-state index in [0.29, 0.717) is 17.2 Å². The van der Waals surface area contributed by atoms with Gasteiger partial charge in [0.25, 0.3) is 0 Å². The Kier molecular flexibility index (Phi) is 7.99. The fraction of sp³-hybridized carbons (Fsp3) is 0.0727. The maximum atomic E-state index is 9.45. The average Bonchev–Trinajstić information content (AvgIpc) is 3.62. The molecular weight excluding hydrogens is 731 g/mol. The lowest BCUT2D eigenvalue weighted by Gasteiger charge is -2.34. The van der Waals surface area contributed by atoms with Crippen LogP contribution in [-0.2, 0) is 5.41 Å². The molecule has 0 fully saturated rings. The van der Waals surface area contributed by atoms with E-state index < -0.39 is 13.5 Å². The molecule has 8 aromatic carbocycles. The van der Waals surface area contributed by atoms with Gasteiger partial charge < -0.3 is 0 Å². The van der Waals surface area contributed by atoms with Gasteiger partial charge in [-0.2, -0.15) is 0 Å². The van der Waals surface area contributed by atoms with Gasteiger partial charge in [-0.25, -0.2) is 15.0 Å². The molecule has 4 heteroatoms. The molecule has 0 N–H and O–H groups in total. The standard InChI is InChI=1S/C55H43N3Si/c1-59(2,3)50-37-44(36-49-51(50)47-29-16-17-30-48(47)55(49,45-25-12-6-13-26-45)46-27-14-7-15-28-46)43-24-18-23-42(35-43)38-31-33-41(34-32-38)54-57-52(39-19-8-4-9-20-39)56-53(58-54)40-21-10-5-11-22-40/h4-37H,1-3H3/i31D,32D,33D,34D. The van der Waals surface area contributed by atoms with E-state index in [-0.39, 0.29) is 41.1 Å². The molecule has 0 saturated carbocycles. The minimum absolute atomic E-state index is 0.0257. The van der Waals surface area contributed by atoms with Crippen molar-refractivity contribution >= 4 is 13.3 Å². The molecule has 0 amide bonds. The van der Waals surface area contributed by atoms with Crippen molar-refractivity contribution in [3.05, 3.63) is 228 Å². The fourth-order valence-electron chi connectivity index (χ4n) is 8.67. The van der Waals surface area contributed by atoms with E-state index in [4.69, 9.17) is 15.0 Å². The average molecular weight is 778 g/mol. The highest BCUT2D eigenvalue weighted by molar-refractivity contribution is 6.89. The summed E-state index contributed by atoms with van der Waals surface area (Å²) in [6, 6.07) is 61.4. The van der Waals surface area contributed by atoms with Gasteiger partial charge in [0.15, 0.2) is 17.5 Å². The van der Waals surface area contributed by atoms with Crippen LogP contribution in [0.2, 0.25) is 19.6 Å². The molecule has 1 aromatic heterocycles. The van der Waals surface area contributed by atoms with Crippen LogP contribution in [0.15, 0.2) is 206 Å². The first-order valence-corrected chi connectivity index (χ1v) is 23.5. The third-order valence-corrected chi connectivity index (χ3v) is 13.4. The highest BCUT2D eigenvalue weighted by Gasteiger charge is 2.47. The Morgan fingerprint density at radius 2 is 0.831 bits per heavy atom. The number of benzene rings is 8. The molecule has 10 rings (SSSR count). The molecular formula is C55H43N3Si. The van der Waals surface area contributed by atoms with Crippen LogP contribution < -0.4 is 5.19 Å². The van der Waals surface area contributed by atoms with Gasteiger partial charge in [-0.15, -0.1) is 0 Å². The van der Waals surface area contributed by atoms with Crippen molar-refractivity contribution in [1.29, 1.82) is 0 Å². The molecule has 0 radical (unpaired) electrons. The smallest absolute Gasteiger partial charge is 0.164 e. The van der Waals surface area contributed by atoms with E-state index in [0.717, 1.165) is 22.3 Å². The zero-order chi connectivity index (χ0) is 43.5. The predicted molar refractivity (Wildman–Crippen MR) is 247 cm³/mol. The van der Waals surface area contributed by atoms with Gasteiger partial charge in [-0.3, -0.25) is 0 Å². The molecule has 0 aliphatic heterocycles. The Balaban J connectivity index is 1.16. The van der Waals surface area contributed by atoms with Crippen LogP contribution in [0.25, 0.3) is 67.5 Å². The van der Waals surface area contributed by atoms with Gasteiger partial charge in [0.1, 0.15) is 0 Å². The van der Waals surface area contributed by atoms with E-state index >= 15 is 0 Å². The second kappa shape index (κ2) is 14.7. The zero-order valence-corrected chi connectivity index (χ0v) is 34.2. The molecule has 59 heavy (non-hydrogen) atoms. The summed E-state index contributed by atoms with van der Waals surface area (Å²) < 4.78 is 37.7. The third kappa shape index (κ3) is 6.43. The highest BCUT2D eigenvalue weighted by atomic mass is 28.3. The van der Waals surface area contributed by atoms with Crippen molar-refractivity contribution in [2.75, 3.05) is 0 Å². The number of fused-ring (bicyclic) bond motifs is 3. The third-order valence-electron chi connectivity index (χ3n) is 11.4. The second-order valence-corrected chi connectivity index (χ2v) is 21.1. The van der Waals surface area contributed by atoms with E-state index in [2.05, 4.69) is 123 Å². The number of hydrogen-bond donors (Lipinski definition) is 0.